The summed E-state index contributed by atoms with van der Waals surface area (Å²) in [5.74, 6) is 0.514. The van der Waals surface area contributed by atoms with Gasteiger partial charge in [0.1, 0.15) is 5.56 Å². The van der Waals surface area contributed by atoms with Gasteiger partial charge in [-0.15, -0.1) is 0 Å². The summed E-state index contributed by atoms with van der Waals surface area (Å²) >= 11 is 1.55. The maximum absolute atomic E-state index is 12.6. The fourth-order valence-electron chi connectivity index (χ4n) is 3.31. The molecule has 1 aromatic heterocycles. The highest BCUT2D eigenvalue weighted by Gasteiger charge is 2.25. The smallest absolute Gasteiger partial charge is 0.267 e. The highest BCUT2D eigenvalue weighted by molar-refractivity contribution is 7.99. The van der Waals surface area contributed by atoms with Gasteiger partial charge in [-0.1, -0.05) is 36.0 Å². The molecule has 0 saturated carbocycles. The van der Waals surface area contributed by atoms with Crippen molar-refractivity contribution in [3.8, 4) is 0 Å². The molecular weight excluding hydrogens is 310 g/mol. The second kappa shape index (κ2) is 5.85. The first-order chi connectivity index (χ1) is 11.2. The van der Waals surface area contributed by atoms with Crippen LogP contribution < -0.4 is 10.9 Å². The van der Waals surface area contributed by atoms with Crippen LogP contribution in [0.15, 0.2) is 40.4 Å². The first-order valence-corrected chi connectivity index (χ1v) is 8.84. The molecule has 2 heterocycles. The number of hydrogen-bond acceptors (Lipinski definition) is 4. The van der Waals surface area contributed by atoms with Crippen molar-refractivity contribution in [2.75, 3.05) is 5.75 Å². The predicted octanol–water partition coefficient (Wildman–Crippen LogP) is 2.16. The number of hydrogen-bond donors (Lipinski definition) is 1. The van der Waals surface area contributed by atoms with Crippen molar-refractivity contribution in [2.45, 2.75) is 37.0 Å². The summed E-state index contributed by atoms with van der Waals surface area (Å²) in [6.45, 7) is 0.624. The van der Waals surface area contributed by atoms with Crippen LogP contribution in [0.25, 0.3) is 0 Å². The van der Waals surface area contributed by atoms with Crippen LogP contribution >= 0.6 is 11.8 Å². The first kappa shape index (κ1) is 14.5. The molecule has 6 heteroatoms. The minimum atomic E-state index is -0.323. The summed E-state index contributed by atoms with van der Waals surface area (Å²) in [6.07, 6.45) is 4.40. The molecule has 5 nitrogen and oxygen atoms in total. The normalized spacial score (nSPS) is 19.0. The molecule has 1 aliphatic heterocycles. The van der Waals surface area contributed by atoms with E-state index in [-0.39, 0.29) is 23.1 Å². The molecule has 1 N–H and O–H groups in total. The third-order valence-electron chi connectivity index (χ3n) is 4.48. The molecule has 2 aliphatic rings. The molecule has 4 rings (SSSR count). The van der Waals surface area contributed by atoms with E-state index in [1.54, 1.807) is 16.3 Å². The number of amides is 1. The Morgan fingerprint density at radius 1 is 1.35 bits per heavy atom. The highest BCUT2D eigenvalue weighted by Crippen LogP contribution is 2.29. The van der Waals surface area contributed by atoms with E-state index in [2.05, 4.69) is 22.4 Å². The zero-order valence-corrected chi connectivity index (χ0v) is 13.4. The lowest BCUT2D eigenvalue weighted by molar-refractivity contribution is 0.0930. The van der Waals surface area contributed by atoms with Crippen molar-refractivity contribution in [3.63, 3.8) is 0 Å². The van der Waals surface area contributed by atoms with Crippen molar-refractivity contribution in [2.24, 2.45) is 0 Å². The second-order valence-electron chi connectivity index (χ2n) is 5.88. The van der Waals surface area contributed by atoms with E-state index >= 15 is 0 Å². The van der Waals surface area contributed by atoms with Crippen LogP contribution in [0.1, 0.15) is 40.4 Å². The number of nitrogens with zero attached hydrogens (tertiary/aromatic N) is 2. The van der Waals surface area contributed by atoms with Gasteiger partial charge in [0.25, 0.3) is 11.5 Å². The topological polar surface area (TPSA) is 64.0 Å². The average molecular weight is 327 g/mol. The minimum Gasteiger partial charge on any atom is -0.345 e. The van der Waals surface area contributed by atoms with Gasteiger partial charge in [0.15, 0.2) is 5.16 Å². The molecule has 1 aliphatic carbocycles. The van der Waals surface area contributed by atoms with Gasteiger partial charge in [-0.25, -0.2) is 4.98 Å². The molecule has 0 fully saturated rings. The molecule has 0 radical (unpaired) electrons. The average Bonchev–Trinajstić information content (AvgIpc) is 3.05. The van der Waals surface area contributed by atoms with Gasteiger partial charge in [-0.3, -0.25) is 14.2 Å². The zero-order chi connectivity index (χ0) is 15.8. The largest absolute Gasteiger partial charge is 0.345 e. The number of nitrogens with one attached hydrogen (secondary N) is 1. The van der Waals surface area contributed by atoms with Gasteiger partial charge in [0.05, 0.1) is 6.04 Å². The number of carbonyl (C=O) groups is 1. The van der Waals surface area contributed by atoms with Crippen LogP contribution in [-0.2, 0) is 13.0 Å². The van der Waals surface area contributed by atoms with E-state index in [9.17, 15) is 9.59 Å². The standard InChI is InChI=1S/C17H17N3O2S/c21-15(13-10-18-17-20(16(13)22)8-9-23-17)19-14-7-3-5-11-4-1-2-6-12(11)14/h1-2,4,6,10,14H,3,5,7-9H2,(H,19,21). The Morgan fingerprint density at radius 3 is 3.13 bits per heavy atom. The quantitative estimate of drug-likeness (QED) is 0.859. The lowest BCUT2D eigenvalue weighted by atomic mass is 9.87. The van der Waals surface area contributed by atoms with Gasteiger partial charge >= 0.3 is 0 Å². The molecule has 1 atom stereocenters. The Labute approximate surface area is 138 Å². The molecule has 1 unspecified atom stereocenters. The Hall–Kier alpha value is -2.08. The third kappa shape index (κ3) is 2.57. The molecule has 1 aromatic carbocycles. The van der Waals surface area contributed by atoms with Crippen molar-refractivity contribution < 1.29 is 4.79 Å². The van der Waals surface area contributed by atoms with E-state index < -0.39 is 0 Å². The van der Waals surface area contributed by atoms with Crippen molar-refractivity contribution in [1.29, 1.82) is 0 Å². The zero-order valence-electron chi connectivity index (χ0n) is 12.6. The van der Waals surface area contributed by atoms with Crippen molar-refractivity contribution >= 4 is 17.7 Å². The fraction of sp³-hybridized carbons (Fsp3) is 0.353. The molecule has 2 aromatic rings. The number of aromatic nitrogens is 2. The Bertz CT molecular complexity index is 831. The van der Waals surface area contributed by atoms with E-state index in [1.165, 1.54) is 11.8 Å². The minimum absolute atomic E-state index is 0.0283. The van der Waals surface area contributed by atoms with Gasteiger partial charge in [0.2, 0.25) is 0 Å². The molecule has 23 heavy (non-hydrogen) atoms. The van der Waals surface area contributed by atoms with Gasteiger partial charge in [-0.05, 0) is 30.4 Å². The highest BCUT2D eigenvalue weighted by atomic mass is 32.2. The van der Waals surface area contributed by atoms with E-state index in [0.717, 1.165) is 30.6 Å². The van der Waals surface area contributed by atoms with E-state index in [0.29, 0.717) is 11.7 Å². The van der Waals surface area contributed by atoms with Crippen molar-refractivity contribution in [3.05, 3.63) is 57.5 Å². The van der Waals surface area contributed by atoms with Gasteiger partial charge in [0, 0.05) is 18.5 Å². The van der Waals surface area contributed by atoms with E-state index in [1.807, 2.05) is 12.1 Å². The number of fused-ring (bicyclic) bond motifs is 2. The Kier molecular flexibility index (Phi) is 3.69. The molecule has 0 bridgehead atoms. The van der Waals surface area contributed by atoms with Crippen LogP contribution in [0.5, 0.6) is 0 Å². The molecule has 1 amide bonds. The summed E-state index contributed by atoms with van der Waals surface area (Å²) in [4.78, 5) is 29.3. The van der Waals surface area contributed by atoms with Crippen LogP contribution in [0.3, 0.4) is 0 Å². The summed E-state index contributed by atoms with van der Waals surface area (Å²) < 4.78 is 1.59. The summed E-state index contributed by atoms with van der Waals surface area (Å²) in [5, 5.41) is 3.73. The number of aryl methyl sites for hydroxylation is 1. The SMILES string of the molecule is O=C(NC1CCCc2ccccc21)c1cnc2n(c1=O)CCS2. The summed E-state index contributed by atoms with van der Waals surface area (Å²) in [5.41, 5.74) is 2.35. The number of thioether (sulfide) groups is 1. The van der Waals surface area contributed by atoms with Crippen LogP contribution in [0.4, 0.5) is 0 Å². The van der Waals surface area contributed by atoms with Crippen LogP contribution in [0, 0.1) is 0 Å². The molecule has 0 spiro atoms. The van der Waals surface area contributed by atoms with Gasteiger partial charge < -0.3 is 5.32 Å². The molecular formula is C17H17N3O2S. The number of rotatable bonds is 2. The van der Waals surface area contributed by atoms with Crippen molar-refractivity contribution in [1.82, 2.24) is 14.9 Å². The molecule has 118 valence electrons. The fourth-order valence-corrected chi connectivity index (χ4v) is 4.23. The lowest BCUT2D eigenvalue weighted by Crippen LogP contribution is -2.36. The predicted molar refractivity (Wildman–Crippen MR) is 88.8 cm³/mol. The lowest BCUT2D eigenvalue weighted by Gasteiger charge is -2.26. The maximum Gasteiger partial charge on any atom is 0.267 e. The van der Waals surface area contributed by atoms with Gasteiger partial charge in [-0.2, -0.15) is 0 Å². The monoisotopic (exact) mass is 327 g/mol. The first-order valence-electron chi connectivity index (χ1n) is 7.85. The van der Waals surface area contributed by atoms with Crippen LogP contribution in [-0.4, -0.2) is 21.2 Å². The van der Waals surface area contributed by atoms with Crippen LogP contribution in [0.2, 0.25) is 0 Å². The maximum atomic E-state index is 12.6. The summed E-state index contributed by atoms with van der Waals surface area (Å²) in [7, 11) is 0. The van der Waals surface area contributed by atoms with E-state index in [4.69, 9.17) is 0 Å². The molecule has 0 saturated heterocycles. The Balaban J connectivity index is 1.61. The Morgan fingerprint density at radius 2 is 2.22 bits per heavy atom. The second-order valence-corrected chi connectivity index (χ2v) is 6.94. The number of benzene rings is 1. The third-order valence-corrected chi connectivity index (χ3v) is 5.45. The summed E-state index contributed by atoms with van der Waals surface area (Å²) in [6, 6.07) is 8.16. The number of carbonyl (C=O) groups excluding carboxylic acids is 1.